The summed E-state index contributed by atoms with van der Waals surface area (Å²) in [5.74, 6) is -1.89. The average Bonchev–Trinajstić information content (AvgIpc) is 3.10. The summed E-state index contributed by atoms with van der Waals surface area (Å²) in [5, 5.41) is 10.2. The van der Waals surface area contributed by atoms with E-state index in [1.165, 1.54) is 28.0 Å². The van der Waals surface area contributed by atoms with Crippen molar-refractivity contribution >= 4 is 38.8 Å². The van der Waals surface area contributed by atoms with Crippen LogP contribution in [0.25, 0.3) is 44.3 Å². The fourth-order valence-corrected chi connectivity index (χ4v) is 4.54. The van der Waals surface area contributed by atoms with E-state index < -0.39 is 17.3 Å². The monoisotopic (exact) mass is 421 g/mol. The van der Waals surface area contributed by atoms with E-state index in [0.717, 1.165) is 17.9 Å². The van der Waals surface area contributed by atoms with Crippen LogP contribution in [-0.2, 0) is 0 Å². The standard InChI is InChI=1S/C22H13F2N3O2S/c1-11-5-6-12(13-3-2-4-14(23)19(13)24)9-16(11)27-15-7-8-25-21-18(15)20(26-22(27)29)17(10-28)30-21/h2-10,28H,1H3. The molecule has 30 heavy (non-hydrogen) atoms. The van der Waals surface area contributed by atoms with E-state index in [4.69, 9.17) is 0 Å². The van der Waals surface area contributed by atoms with Crippen molar-refractivity contribution in [1.82, 2.24) is 14.5 Å². The highest BCUT2D eigenvalue weighted by molar-refractivity contribution is 7.17. The second-order valence-corrected chi connectivity index (χ2v) is 7.82. The summed E-state index contributed by atoms with van der Waals surface area (Å²) >= 11 is 1.23. The van der Waals surface area contributed by atoms with E-state index in [-0.39, 0.29) is 5.56 Å². The number of aromatic nitrogens is 3. The lowest BCUT2D eigenvalue weighted by Crippen LogP contribution is -2.23. The molecule has 0 aliphatic heterocycles. The first kappa shape index (κ1) is 18.4. The molecule has 5 aromatic rings. The zero-order chi connectivity index (χ0) is 21.0. The van der Waals surface area contributed by atoms with Gasteiger partial charge in [-0.05, 0) is 36.2 Å². The first-order valence-electron chi connectivity index (χ1n) is 8.99. The van der Waals surface area contributed by atoms with Crippen LogP contribution >= 0.6 is 11.3 Å². The number of rotatable bonds is 2. The van der Waals surface area contributed by atoms with E-state index in [1.807, 2.05) is 6.92 Å². The number of aliphatic hydroxyl groups excluding tert-OH is 1. The Morgan fingerprint density at radius 1 is 1.17 bits per heavy atom. The number of thiophene rings is 1. The van der Waals surface area contributed by atoms with Crippen LogP contribution in [0.2, 0.25) is 0 Å². The molecule has 148 valence electrons. The van der Waals surface area contributed by atoms with E-state index >= 15 is 0 Å². The summed E-state index contributed by atoms with van der Waals surface area (Å²) in [5.41, 5.74) is 2.21. The number of aryl methyl sites for hydroxylation is 1. The molecule has 0 unspecified atom stereocenters. The number of hydrogen-bond donors (Lipinski definition) is 1. The zero-order valence-corrected chi connectivity index (χ0v) is 16.4. The van der Waals surface area contributed by atoms with Crippen molar-refractivity contribution < 1.29 is 13.9 Å². The fraction of sp³-hybridized carbons (Fsp3) is 0.0455. The number of benzene rings is 2. The van der Waals surface area contributed by atoms with Gasteiger partial charge in [0.2, 0.25) is 0 Å². The largest absolute Gasteiger partial charge is 0.514 e. The lowest BCUT2D eigenvalue weighted by Gasteiger charge is -2.14. The zero-order valence-electron chi connectivity index (χ0n) is 15.6. The lowest BCUT2D eigenvalue weighted by atomic mass is 10.0. The van der Waals surface area contributed by atoms with Gasteiger partial charge in [0, 0.05) is 11.8 Å². The minimum atomic E-state index is -0.948. The number of pyridine rings is 1. The van der Waals surface area contributed by atoms with Gasteiger partial charge in [-0.15, -0.1) is 11.3 Å². The maximum Gasteiger partial charge on any atom is 0.353 e. The van der Waals surface area contributed by atoms with Gasteiger partial charge in [-0.1, -0.05) is 24.3 Å². The van der Waals surface area contributed by atoms with E-state index in [1.54, 1.807) is 30.5 Å². The molecule has 5 nitrogen and oxygen atoms in total. The number of nitrogens with zero attached hydrogens (tertiary/aromatic N) is 3. The van der Waals surface area contributed by atoms with Gasteiger partial charge in [0.05, 0.1) is 27.4 Å². The molecular formula is C22H13F2N3O2S. The van der Waals surface area contributed by atoms with Crippen molar-refractivity contribution in [2.24, 2.45) is 0 Å². The third-order valence-electron chi connectivity index (χ3n) is 5.04. The summed E-state index contributed by atoms with van der Waals surface area (Å²) in [6.45, 7) is 1.82. The SMILES string of the molecule is Cc1ccc(-c2cccc(F)c2F)cc1-n1c(=O)nc2c(=CO)sc3nccc1c32. The Morgan fingerprint density at radius 2 is 2.00 bits per heavy atom. The Kier molecular flexibility index (Phi) is 4.11. The smallest absolute Gasteiger partial charge is 0.353 e. The molecule has 0 saturated heterocycles. The predicted octanol–water partition coefficient (Wildman–Crippen LogP) is 4.26. The molecule has 0 bridgehead atoms. The minimum Gasteiger partial charge on any atom is -0.514 e. The molecule has 8 heteroatoms. The highest BCUT2D eigenvalue weighted by Gasteiger charge is 2.18. The van der Waals surface area contributed by atoms with Crippen LogP contribution in [0.4, 0.5) is 8.78 Å². The van der Waals surface area contributed by atoms with Crippen LogP contribution in [-0.4, -0.2) is 19.6 Å². The fourth-order valence-electron chi connectivity index (χ4n) is 3.62. The quantitative estimate of drug-likeness (QED) is 0.462. The molecule has 0 radical (unpaired) electrons. The summed E-state index contributed by atoms with van der Waals surface area (Å²) in [4.78, 5) is 22.1. The minimum absolute atomic E-state index is 0.103. The van der Waals surface area contributed by atoms with Gasteiger partial charge < -0.3 is 5.11 Å². The summed E-state index contributed by atoms with van der Waals surface area (Å²) < 4.78 is 30.0. The molecule has 3 heterocycles. The Morgan fingerprint density at radius 3 is 2.80 bits per heavy atom. The molecule has 0 amide bonds. The van der Waals surface area contributed by atoms with Crippen LogP contribution in [0.15, 0.2) is 53.5 Å². The van der Waals surface area contributed by atoms with Crippen molar-refractivity contribution in [3.8, 4) is 16.8 Å². The van der Waals surface area contributed by atoms with Crippen LogP contribution in [0.5, 0.6) is 0 Å². The predicted molar refractivity (Wildman–Crippen MR) is 113 cm³/mol. The topological polar surface area (TPSA) is 68.0 Å². The van der Waals surface area contributed by atoms with Crippen LogP contribution in [0, 0.1) is 18.6 Å². The van der Waals surface area contributed by atoms with Gasteiger partial charge in [0.15, 0.2) is 11.6 Å². The molecule has 0 spiro atoms. The Hall–Kier alpha value is -3.65. The second-order valence-electron chi connectivity index (χ2n) is 6.79. The van der Waals surface area contributed by atoms with E-state index in [2.05, 4.69) is 9.97 Å². The normalized spacial score (nSPS) is 12.3. The van der Waals surface area contributed by atoms with Crippen molar-refractivity contribution in [3.05, 3.63) is 80.9 Å². The van der Waals surface area contributed by atoms with Gasteiger partial charge in [-0.2, -0.15) is 4.98 Å². The Bertz CT molecular complexity index is 1570. The average molecular weight is 421 g/mol. The highest BCUT2D eigenvalue weighted by Crippen LogP contribution is 2.30. The van der Waals surface area contributed by atoms with Crippen LogP contribution in [0.3, 0.4) is 0 Å². The Labute approximate surface area is 172 Å². The summed E-state index contributed by atoms with van der Waals surface area (Å²) in [7, 11) is 0. The van der Waals surface area contributed by atoms with Gasteiger partial charge in [-0.3, -0.25) is 4.57 Å². The molecule has 2 aromatic carbocycles. The molecule has 0 aliphatic rings. The van der Waals surface area contributed by atoms with Crippen molar-refractivity contribution in [3.63, 3.8) is 0 Å². The molecule has 5 rings (SSSR count). The molecule has 0 atom stereocenters. The van der Waals surface area contributed by atoms with E-state index in [9.17, 15) is 18.7 Å². The second kappa shape index (κ2) is 6.70. The van der Waals surface area contributed by atoms with Crippen LogP contribution in [0.1, 0.15) is 5.56 Å². The molecule has 0 aliphatic carbocycles. The number of hydrogen-bond acceptors (Lipinski definition) is 5. The number of halogens is 2. The molecular weight excluding hydrogens is 408 g/mol. The van der Waals surface area contributed by atoms with Crippen molar-refractivity contribution in [1.29, 1.82) is 0 Å². The first-order valence-corrected chi connectivity index (χ1v) is 9.81. The Balaban J connectivity index is 1.86. The van der Waals surface area contributed by atoms with E-state index in [0.29, 0.717) is 37.0 Å². The first-order chi connectivity index (χ1) is 14.5. The summed E-state index contributed by atoms with van der Waals surface area (Å²) in [6.07, 6.45) is 2.49. The van der Waals surface area contributed by atoms with Crippen molar-refractivity contribution in [2.75, 3.05) is 0 Å². The highest BCUT2D eigenvalue weighted by atomic mass is 32.1. The van der Waals surface area contributed by atoms with Gasteiger partial charge in [0.25, 0.3) is 0 Å². The summed E-state index contributed by atoms with van der Waals surface area (Å²) in [6, 6.07) is 10.7. The van der Waals surface area contributed by atoms with Gasteiger partial charge in [-0.25, -0.2) is 18.6 Å². The molecule has 3 aromatic heterocycles. The third kappa shape index (κ3) is 2.61. The van der Waals surface area contributed by atoms with Crippen LogP contribution < -0.4 is 10.2 Å². The number of aliphatic hydroxyl groups is 1. The molecule has 0 saturated carbocycles. The van der Waals surface area contributed by atoms with Gasteiger partial charge >= 0.3 is 5.69 Å². The maximum atomic E-state index is 14.4. The molecule has 0 fully saturated rings. The van der Waals surface area contributed by atoms with Crippen molar-refractivity contribution in [2.45, 2.75) is 6.92 Å². The third-order valence-corrected chi connectivity index (χ3v) is 6.06. The maximum absolute atomic E-state index is 14.4. The lowest BCUT2D eigenvalue weighted by molar-refractivity contribution is 0.511. The van der Waals surface area contributed by atoms with Gasteiger partial charge in [0.1, 0.15) is 10.3 Å². The molecule has 1 N–H and O–H groups in total.